The zero-order valence-corrected chi connectivity index (χ0v) is 11.9. The number of amides is 1. The lowest BCUT2D eigenvalue weighted by Gasteiger charge is -2.23. The minimum absolute atomic E-state index is 0.0440. The van der Waals surface area contributed by atoms with Crippen LogP contribution in [0.1, 0.15) is 20.3 Å². The highest BCUT2D eigenvalue weighted by Crippen LogP contribution is 2.46. The molecular weight excluding hydrogens is 250 g/mol. The largest absolute Gasteiger partial charge is 0.325 e. The van der Waals surface area contributed by atoms with Gasteiger partial charge in [0.2, 0.25) is 5.91 Å². The highest BCUT2D eigenvalue weighted by Gasteiger charge is 2.54. The SMILES string of the molecule is CCN1CC2(CC1C#N)C(=O)NC1=C2C=CC(C)C=C1. The summed E-state index contributed by atoms with van der Waals surface area (Å²) in [5, 5.41) is 12.3. The minimum Gasteiger partial charge on any atom is -0.325 e. The summed E-state index contributed by atoms with van der Waals surface area (Å²) in [5.41, 5.74) is 1.42. The number of fused-ring (bicyclic) bond motifs is 1. The molecule has 2 aliphatic heterocycles. The van der Waals surface area contributed by atoms with Crippen molar-refractivity contribution in [2.24, 2.45) is 11.3 Å². The highest BCUT2D eigenvalue weighted by atomic mass is 16.2. The molecule has 0 aromatic carbocycles. The van der Waals surface area contributed by atoms with E-state index in [1.165, 1.54) is 0 Å². The molecular formula is C16H19N3O. The first-order chi connectivity index (χ1) is 9.60. The van der Waals surface area contributed by atoms with Crippen LogP contribution in [0.15, 0.2) is 35.6 Å². The fourth-order valence-electron chi connectivity index (χ4n) is 3.43. The van der Waals surface area contributed by atoms with Crippen LogP contribution in [0.2, 0.25) is 0 Å². The maximum Gasteiger partial charge on any atom is 0.236 e. The van der Waals surface area contributed by atoms with Crippen molar-refractivity contribution >= 4 is 5.91 Å². The van der Waals surface area contributed by atoms with Crippen LogP contribution in [-0.2, 0) is 4.79 Å². The third-order valence-electron chi connectivity index (χ3n) is 4.63. The number of allylic oxidation sites excluding steroid dienone is 4. The van der Waals surface area contributed by atoms with Crippen LogP contribution >= 0.6 is 0 Å². The van der Waals surface area contributed by atoms with Gasteiger partial charge in [-0.05, 0) is 30.5 Å². The average Bonchev–Trinajstić information content (AvgIpc) is 2.88. The Balaban J connectivity index is 2.03. The molecule has 3 rings (SSSR count). The lowest BCUT2D eigenvalue weighted by Crippen LogP contribution is -2.37. The Hall–Kier alpha value is -1.86. The second-order valence-corrected chi connectivity index (χ2v) is 5.85. The number of nitriles is 1. The van der Waals surface area contributed by atoms with E-state index in [0.717, 1.165) is 17.8 Å². The van der Waals surface area contributed by atoms with E-state index < -0.39 is 5.41 Å². The zero-order valence-electron chi connectivity index (χ0n) is 11.9. The van der Waals surface area contributed by atoms with E-state index in [0.29, 0.717) is 18.9 Å². The molecule has 0 bridgehead atoms. The number of hydrogen-bond acceptors (Lipinski definition) is 3. The predicted octanol–water partition coefficient (Wildman–Crippen LogP) is 1.74. The van der Waals surface area contributed by atoms with Crippen LogP contribution in [0, 0.1) is 22.7 Å². The molecule has 1 saturated heterocycles. The van der Waals surface area contributed by atoms with Gasteiger partial charge in [0, 0.05) is 12.2 Å². The molecule has 0 radical (unpaired) electrons. The maximum absolute atomic E-state index is 12.5. The summed E-state index contributed by atoms with van der Waals surface area (Å²) >= 11 is 0. The van der Waals surface area contributed by atoms with Gasteiger partial charge in [0.25, 0.3) is 0 Å². The van der Waals surface area contributed by atoms with Crippen molar-refractivity contribution in [2.45, 2.75) is 26.3 Å². The molecule has 0 aromatic heterocycles. The van der Waals surface area contributed by atoms with Crippen LogP contribution in [0.5, 0.6) is 0 Å². The van der Waals surface area contributed by atoms with Gasteiger partial charge in [-0.2, -0.15) is 5.26 Å². The second kappa shape index (κ2) is 4.60. The van der Waals surface area contributed by atoms with E-state index >= 15 is 0 Å². The van der Waals surface area contributed by atoms with Gasteiger partial charge in [0.1, 0.15) is 0 Å². The number of nitrogens with zero attached hydrogens (tertiary/aromatic N) is 2. The lowest BCUT2D eigenvalue weighted by atomic mass is 9.78. The molecule has 3 aliphatic rings. The Labute approximate surface area is 119 Å². The second-order valence-electron chi connectivity index (χ2n) is 5.85. The standard InChI is InChI=1S/C16H19N3O/c1-3-19-10-16(8-12(19)9-17)13-6-4-11(2)5-7-14(13)18-15(16)20/h4-7,11-12H,3,8,10H2,1-2H3,(H,18,20). The fourth-order valence-corrected chi connectivity index (χ4v) is 3.43. The Kier molecular flexibility index (Phi) is 3.02. The van der Waals surface area contributed by atoms with Crippen molar-refractivity contribution in [1.82, 2.24) is 10.2 Å². The number of hydrogen-bond donors (Lipinski definition) is 1. The first-order valence-electron chi connectivity index (χ1n) is 7.17. The maximum atomic E-state index is 12.5. The minimum atomic E-state index is -0.545. The van der Waals surface area contributed by atoms with Gasteiger partial charge in [-0.1, -0.05) is 32.1 Å². The molecule has 3 atom stereocenters. The van der Waals surface area contributed by atoms with Gasteiger partial charge in [-0.15, -0.1) is 0 Å². The van der Waals surface area contributed by atoms with Crippen molar-refractivity contribution in [3.05, 3.63) is 35.6 Å². The molecule has 2 heterocycles. The molecule has 1 fully saturated rings. The third-order valence-corrected chi connectivity index (χ3v) is 4.63. The highest BCUT2D eigenvalue weighted by molar-refractivity contribution is 5.93. The van der Waals surface area contributed by atoms with Crippen molar-refractivity contribution in [1.29, 1.82) is 5.26 Å². The molecule has 1 N–H and O–H groups in total. The van der Waals surface area contributed by atoms with E-state index in [4.69, 9.17) is 0 Å². The Morgan fingerprint density at radius 1 is 1.50 bits per heavy atom. The van der Waals surface area contributed by atoms with Gasteiger partial charge >= 0.3 is 0 Å². The summed E-state index contributed by atoms with van der Waals surface area (Å²) in [5.74, 6) is 0.410. The number of carbonyl (C=O) groups excluding carboxylic acids is 1. The third kappa shape index (κ3) is 1.74. The molecule has 3 unspecified atom stereocenters. The van der Waals surface area contributed by atoms with E-state index in [9.17, 15) is 10.1 Å². The first-order valence-corrected chi connectivity index (χ1v) is 7.17. The summed E-state index contributed by atoms with van der Waals surface area (Å²) in [4.78, 5) is 14.6. The van der Waals surface area contributed by atoms with Crippen molar-refractivity contribution in [2.75, 3.05) is 13.1 Å². The smallest absolute Gasteiger partial charge is 0.236 e. The fraction of sp³-hybridized carbons (Fsp3) is 0.500. The summed E-state index contributed by atoms with van der Waals surface area (Å²) in [6, 6.07) is 2.17. The van der Waals surface area contributed by atoms with Crippen molar-refractivity contribution in [3.63, 3.8) is 0 Å². The molecule has 4 heteroatoms. The normalized spacial score (nSPS) is 36.1. The quantitative estimate of drug-likeness (QED) is 0.789. The molecule has 1 aliphatic carbocycles. The van der Waals surface area contributed by atoms with Gasteiger partial charge in [-0.25, -0.2) is 0 Å². The van der Waals surface area contributed by atoms with Gasteiger partial charge in [0.15, 0.2) is 0 Å². The van der Waals surface area contributed by atoms with Crippen LogP contribution < -0.4 is 5.32 Å². The van der Waals surface area contributed by atoms with Gasteiger partial charge in [-0.3, -0.25) is 9.69 Å². The van der Waals surface area contributed by atoms with E-state index in [2.05, 4.69) is 41.4 Å². The van der Waals surface area contributed by atoms with E-state index in [1.54, 1.807) is 0 Å². The average molecular weight is 269 g/mol. The van der Waals surface area contributed by atoms with Crippen LogP contribution in [0.4, 0.5) is 0 Å². The molecule has 1 amide bonds. The summed E-state index contributed by atoms with van der Waals surface area (Å²) in [7, 11) is 0. The summed E-state index contributed by atoms with van der Waals surface area (Å²) in [6.45, 7) is 5.59. The van der Waals surface area contributed by atoms with Crippen molar-refractivity contribution in [3.8, 4) is 6.07 Å². The molecule has 0 aromatic rings. The Bertz CT molecular complexity index is 581. The van der Waals surface area contributed by atoms with Crippen molar-refractivity contribution < 1.29 is 4.79 Å². The predicted molar refractivity (Wildman–Crippen MR) is 76.3 cm³/mol. The zero-order chi connectivity index (χ0) is 14.3. The summed E-state index contributed by atoms with van der Waals surface area (Å²) < 4.78 is 0. The van der Waals surface area contributed by atoms with E-state index in [-0.39, 0.29) is 11.9 Å². The van der Waals surface area contributed by atoms with Gasteiger partial charge in [0.05, 0.1) is 17.5 Å². The molecule has 104 valence electrons. The van der Waals surface area contributed by atoms with Crippen LogP contribution in [0.25, 0.3) is 0 Å². The van der Waals surface area contributed by atoms with E-state index in [1.807, 2.05) is 13.0 Å². The van der Waals surface area contributed by atoms with Gasteiger partial charge < -0.3 is 5.32 Å². The molecule has 0 saturated carbocycles. The lowest BCUT2D eigenvalue weighted by molar-refractivity contribution is -0.126. The number of rotatable bonds is 1. The topological polar surface area (TPSA) is 56.1 Å². The number of nitrogens with one attached hydrogen (secondary N) is 1. The number of likely N-dealkylation sites (tertiary alicyclic amines) is 1. The molecule has 20 heavy (non-hydrogen) atoms. The Morgan fingerprint density at radius 2 is 2.25 bits per heavy atom. The first kappa shape index (κ1) is 13.1. The monoisotopic (exact) mass is 269 g/mol. The summed E-state index contributed by atoms with van der Waals surface area (Å²) in [6.07, 6.45) is 8.88. The Morgan fingerprint density at radius 3 is 2.90 bits per heavy atom. The van der Waals surface area contributed by atoms with Crippen LogP contribution in [-0.4, -0.2) is 29.9 Å². The number of carbonyl (C=O) groups is 1. The molecule has 1 spiro atoms. The molecule has 4 nitrogen and oxygen atoms in total. The van der Waals surface area contributed by atoms with Crippen LogP contribution in [0.3, 0.4) is 0 Å².